The molecule has 3 aromatic carbocycles. The second-order valence-corrected chi connectivity index (χ2v) is 8.76. The van der Waals surface area contributed by atoms with Crippen LogP contribution in [-0.2, 0) is 6.61 Å². The molecule has 0 bridgehead atoms. The SMILES string of the molecule is CCOc1cc(OCc2ccccc2)ccc1C1=Cc2ccc3c(c2OC1)C=CC(C)(C)O3. The van der Waals surface area contributed by atoms with Crippen molar-refractivity contribution < 1.29 is 18.9 Å². The summed E-state index contributed by atoms with van der Waals surface area (Å²) in [5.74, 6) is 3.30. The zero-order chi connectivity index (χ0) is 22.8. The predicted molar refractivity (Wildman–Crippen MR) is 132 cm³/mol. The van der Waals surface area contributed by atoms with Crippen LogP contribution in [0.5, 0.6) is 23.0 Å². The molecule has 0 amide bonds. The van der Waals surface area contributed by atoms with Gasteiger partial charge in [-0.15, -0.1) is 0 Å². The van der Waals surface area contributed by atoms with E-state index < -0.39 is 0 Å². The largest absolute Gasteiger partial charge is 0.493 e. The summed E-state index contributed by atoms with van der Waals surface area (Å²) < 4.78 is 24.3. The molecule has 3 aromatic rings. The Morgan fingerprint density at radius 2 is 1.82 bits per heavy atom. The van der Waals surface area contributed by atoms with E-state index in [-0.39, 0.29) is 5.60 Å². The lowest BCUT2D eigenvalue weighted by Crippen LogP contribution is -2.27. The Hall–Kier alpha value is -3.66. The van der Waals surface area contributed by atoms with Crippen LogP contribution in [0.1, 0.15) is 43.0 Å². The van der Waals surface area contributed by atoms with Gasteiger partial charge in [-0.25, -0.2) is 0 Å². The van der Waals surface area contributed by atoms with Gasteiger partial charge in [0.15, 0.2) is 0 Å². The van der Waals surface area contributed by atoms with E-state index in [0.29, 0.717) is 19.8 Å². The zero-order valence-electron chi connectivity index (χ0n) is 19.3. The first-order valence-corrected chi connectivity index (χ1v) is 11.3. The summed E-state index contributed by atoms with van der Waals surface area (Å²) in [6.07, 6.45) is 6.34. The summed E-state index contributed by atoms with van der Waals surface area (Å²) in [5, 5.41) is 0. The fourth-order valence-electron chi connectivity index (χ4n) is 4.13. The minimum absolute atomic E-state index is 0.312. The number of benzene rings is 3. The van der Waals surface area contributed by atoms with Gasteiger partial charge >= 0.3 is 0 Å². The van der Waals surface area contributed by atoms with E-state index in [0.717, 1.165) is 50.8 Å². The van der Waals surface area contributed by atoms with Gasteiger partial charge in [-0.1, -0.05) is 30.3 Å². The molecular weight excluding hydrogens is 412 g/mol. The number of hydrogen-bond donors (Lipinski definition) is 0. The van der Waals surface area contributed by atoms with Crippen molar-refractivity contribution in [3.05, 3.63) is 89.0 Å². The molecule has 0 radical (unpaired) electrons. The molecular formula is C29H28O4. The molecule has 5 rings (SSSR count). The Bertz CT molecular complexity index is 1220. The van der Waals surface area contributed by atoms with Crippen LogP contribution in [-0.4, -0.2) is 18.8 Å². The van der Waals surface area contributed by atoms with E-state index in [4.69, 9.17) is 18.9 Å². The summed E-state index contributed by atoms with van der Waals surface area (Å²) in [4.78, 5) is 0. The second-order valence-electron chi connectivity index (χ2n) is 8.76. The Kier molecular flexibility index (Phi) is 5.59. The van der Waals surface area contributed by atoms with Gasteiger partial charge < -0.3 is 18.9 Å². The monoisotopic (exact) mass is 440 g/mol. The minimum Gasteiger partial charge on any atom is -0.493 e. The molecule has 4 nitrogen and oxygen atoms in total. The first kappa shape index (κ1) is 21.2. The fraction of sp³-hybridized carbons (Fsp3) is 0.241. The van der Waals surface area contributed by atoms with Crippen LogP contribution in [0.15, 0.2) is 66.7 Å². The average Bonchev–Trinajstić information content (AvgIpc) is 2.82. The van der Waals surface area contributed by atoms with Crippen LogP contribution in [0.4, 0.5) is 0 Å². The highest BCUT2D eigenvalue weighted by atomic mass is 16.5. The van der Waals surface area contributed by atoms with Crippen LogP contribution in [0.2, 0.25) is 0 Å². The summed E-state index contributed by atoms with van der Waals surface area (Å²) in [6, 6.07) is 20.2. The van der Waals surface area contributed by atoms with E-state index in [9.17, 15) is 0 Å². The van der Waals surface area contributed by atoms with Gasteiger partial charge in [-0.2, -0.15) is 0 Å². The second kappa shape index (κ2) is 8.70. The molecule has 0 atom stereocenters. The molecule has 4 heteroatoms. The van der Waals surface area contributed by atoms with Crippen molar-refractivity contribution in [2.24, 2.45) is 0 Å². The highest BCUT2D eigenvalue weighted by molar-refractivity contribution is 5.90. The van der Waals surface area contributed by atoms with E-state index in [1.165, 1.54) is 0 Å². The Balaban J connectivity index is 1.43. The average molecular weight is 441 g/mol. The molecule has 2 heterocycles. The molecule has 2 aliphatic heterocycles. The molecule has 0 aromatic heterocycles. The maximum Gasteiger partial charge on any atom is 0.137 e. The summed E-state index contributed by atoms with van der Waals surface area (Å²) in [6.45, 7) is 7.64. The normalized spacial score (nSPS) is 15.4. The topological polar surface area (TPSA) is 36.9 Å². The third kappa shape index (κ3) is 4.47. The zero-order valence-corrected chi connectivity index (χ0v) is 19.3. The van der Waals surface area contributed by atoms with E-state index in [2.05, 4.69) is 42.5 Å². The summed E-state index contributed by atoms with van der Waals surface area (Å²) in [7, 11) is 0. The van der Waals surface area contributed by atoms with Crippen molar-refractivity contribution in [2.45, 2.75) is 33.0 Å². The van der Waals surface area contributed by atoms with Crippen LogP contribution in [0, 0.1) is 0 Å². The van der Waals surface area contributed by atoms with Gasteiger partial charge in [0.1, 0.15) is 41.8 Å². The highest BCUT2D eigenvalue weighted by Crippen LogP contribution is 2.43. The molecule has 0 aliphatic carbocycles. The summed E-state index contributed by atoms with van der Waals surface area (Å²) >= 11 is 0. The predicted octanol–water partition coefficient (Wildman–Crippen LogP) is 6.78. The number of ether oxygens (including phenoxy) is 4. The molecule has 0 unspecified atom stereocenters. The quantitative estimate of drug-likeness (QED) is 0.423. The van der Waals surface area contributed by atoms with Crippen LogP contribution >= 0.6 is 0 Å². The maximum absolute atomic E-state index is 6.24. The number of hydrogen-bond acceptors (Lipinski definition) is 4. The first-order chi connectivity index (χ1) is 16.0. The van der Waals surface area contributed by atoms with Crippen molar-refractivity contribution >= 4 is 17.7 Å². The van der Waals surface area contributed by atoms with Crippen molar-refractivity contribution in [1.82, 2.24) is 0 Å². The lowest BCUT2D eigenvalue weighted by molar-refractivity contribution is 0.158. The highest BCUT2D eigenvalue weighted by Gasteiger charge is 2.27. The standard InChI is InChI=1S/C29H28O4/c1-4-30-27-17-23(31-18-20-8-6-5-7-9-20)11-12-24(27)22-16-21-10-13-26-25(28(21)32-19-22)14-15-29(2,3)33-26/h5-17H,4,18-19H2,1-3H3. The fourth-order valence-corrected chi connectivity index (χ4v) is 4.13. The smallest absolute Gasteiger partial charge is 0.137 e. The van der Waals surface area contributed by atoms with E-state index >= 15 is 0 Å². The van der Waals surface area contributed by atoms with Gasteiger partial charge in [0.25, 0.3) is 0 Å². The van der Waals surface area contributed by atoms with Gasteiger partial charge in [0, 0.05) is 22.8 Å². The van der Waals surface area contributed by atoms with Crippen molar-refractivity contribution in [2.75, 3.05) is 13.2 Å². The van der Waals surface area contributed by atoms with Crippen LogP contribution < -0.4 is 18.9 Å². The molecule has 33 heavy (non-hydrogen) atoms. The molecule has 0 saturated heterocycles. The third-order valence-corrected chi connectivity index (χ3v) is 5.76. The molecule has 0 saturated carbocycles. The first-order valence-electron chi connectivity index (χ1n) is 11.3. The third-order valence-electron chi connectivity index (χ3n) is 5.76. The Morgan fingerprint density at radius 1 is 0.970 bits per heavy atom. The van der Waals surface area contributed by atoms with Crippen molar-refractivity contribution in [1.29, 1.82) is 0 Å². The lowest BCUT2D eigenvalue weighted by atomic mass is 9.95. The van der Waals surface area contributed by atoms with Gasteiger partial charge in [0.05, 0.1) is 12.2 Å². The van der Waals surface area contributed by atoms with Crippen LogP contribution in [0.25, 0.3) is 17.7 Å². The number of rotatable bonds is 6. The van der Waals surface area contributed by atoms with Crippen LogP contribution in [0.3, 0.4) is 0 Å². The van der Waals surface area contributed by atoms with Crippen molar-refractivity contribution in [3.8, 4) is 23.0 Å². The summed E-state index contributed by atoms with van der Waals surface area (Å²) in [5.41, 5.74) is 4.94. The molecule has 0 spiro atoms. The van der Waals surface area contributed by atoms with Gasteiger partial charge in [-0.3, -0.25) is 0 Å². The number of fused-ring (bicyclic) bond motifs is 3. The molecule has 0 fully saturated rings. The Labute approximate surface area is 195 Å². The molecule has 2 aliphatic rings. The maximum atomic E-state index is 6.24. The molecule has 0 N–H and O–H groups in total. The van der Waals surface area contributed by atoms with Gasteiger partial charge in [0.2, 0.25) is 0 Å². The van der Waals surface area contributed by atoms with E-state index in [1.54, 1.807) is 0 Å². The minimum atomic E-state index is -0.312. The Morgan fingerprint density at radius 3 is 2.64 bits per heavy atom. The van der Waals surface area contributed by atoms with E-state index in [1.807, 2.05) is 57.2 Å². The van der Waals surface area contributed by atoms with Crippen molar-refractivity contribution in [3.63, 3.8) is 0 Å². The molecule has 168 valence electrons. The van der Waals surface area contributed by atoms with Gasteiger partial charge in [-0.05, 0) is 68.8 Å². The lowest BCUT2D eigenvalue weighted by Gasteiger charge is -2.30.